The highest BCUT2D eigenvalue weighted by atomic mass is 79.9. The second-order valence-electron chi connectivity index (χ2n) is 7.22. The number of halogens is 1. The van der Waals surface area contributed by atoms with Crippen molar-refractivity contribution in [2.24, 2.45) is 5.73 Å². The Morgan fingerprint density at radius 2 is 1.91 bits per heavy atom. The molecule has 0 bridgehead atoms. The first kappa shape index (κ1) is 21.5. The topological polar surface area (TPSA) is 94.6 Å². The molecule has 1 aliphatic rings. The molecule has 32 heavy (non-hydrogen) atoms. The third-order valence-electron chi connectivity index (χ3n) is 5.27. The maximum absolute atomic E-state index is 12.6. The van der Waals surface area contributed by atoms with E-state index < -0.39 is 11.9 Å². The van der Waals surface area contributed by atoms with E-state index in [2.05, 4.69) is 22.0 Å². The lowest BCUT2D eigenvalue weighted by Gasteiger charge is -2.27. The molecule has 0 saturated carbocycles. The number of rotatable bonds is 4. The Morgan fingerprint density at radius 1 is 1.12 bits per heavy atom. The minimum absolute atomic E-state index is 0.00518. The third-order valence-corrected chi connectivity index (χ3v) is 5.76. The van der Waals surface area contributed by atoms with E-state index in [9.17, 15) is 10.1 Å². The van der Waals surface area contributed by atoms with E-state index in [1.165, 1.54) is 0 Å². The van der Waals surface area contributed by atoms with Gasteiger partial charge < -0.3 is 19.9 Å². The van der Waals surface area contributed by atoms with Crippen molar-refractivity contribution < 1.29 is 19.0 Å². The van der Waals surface area contributed by atoms with Crippen molar-refractivity contribution in [3.63, 3.8) is 0 Å². The quantitative estimate of drug-likeness (QED) is 0.398. The summed E-state index contributed by atoms with van der Waals surface area (Å²) >= 11 is 3.48. The molecule has 6 nitrogen and oxygen atoms in total. The van der Waals surface area contributed by atoms with Crippen molar-refractivity contribution in [3.05, 3.63) is 98.8 Å². The summed E-state index contributed by atoms with van der Waals surface area (Å²) in [7, 11) is 1.57. The number of hydrogen-bond donors (Lipinski definition) is 1. The summed E-state index contributed by atoms with van der Waals surface area (Å²) in [6.07, 6.45) is 0. The zero-order valence-corrected chi connectivity index (χ0v) is 19.0. The number of methoxy groups -OCH3 is 1. The summed E-state index contributed by atoms with van der Waals surface area (Å²) in [4.78, 5) is 12.6. The lowest BCUT2D eigenvalue weighted by atomic mass is 9.83. The van der Waals surface area contributed by atoms with Gasteiger partial charge in [0.25, 0.3) is 0 Å². The molecule has 0 spiro atoms. The van der Waals surface area contributed by atoms with Gasteiger partial charge in [-0.2, -0.15) is 5.26 Å². The van der Waals surface area contributed by atoms with Crippen LogP contribution in [0.25, 0.3) is 0 Å². The Morgan fingerprint density at radius 3 is 2.62 bits per heavy atom. The largest absolute Gasteiger partial charge is 0.496 e. The molecular formula is C25H19BrN2O4. The number of esters is 1. The van der Waals surface area contributed by atoms with Crippen LogP contribution in [0.3, 0.4) is 0 Å². The van der Waals surface area contributed by atoms with E-state index in [1.807, 2.05) is 37.3 Å². The van der Waals surface area contributed by atoms with Crippen LogP contribution < -0.4 is 19.9 Å². The molecule has 2 N–H and O–H groups in total. The number of aryl methyl sites for hydroxylation is 1. The average molecular weight is 491 g/mol. The predicted molar refractivity (Wildman–Crippen MR) is 123 cm³/mol. The SMILES string of the molecule is COc1ccc(Br)cc1C1C(C#N)=C(N)Oc2cc(OC(=O)c3ccccc3C)ccc21. The maximum atomic E-state index is 12.6. The van der Waals surface area contributed by atoms with Crippen molar-refractivity contribution in [1.29, 1.82) is 5.26 Å². The van der Waals surface area contributed by atoms with Crippen molar-refractivity contribution in [3.8, 4) is 23.3 Å². The molecule has 1 atom stereocenters. The third kappa shape index (κ3) is 3.93. The number of carbonyl (C=O) groups is 1. The number of carbonyl (C=O) groups excluding carboxylic acids is 1. The Hall–Kier alpha value is -3.76. The van der Waals surface area contributed by atoms with Gasteiger partial charge in [-0.05, 0) is 42.8 Å². The van der Waals surface area contributed by atoms with E-state index in [0.717, 1.165) is 15.6 Å². The van der Waals surface area contributed by atoms with Crippen molar-refractivity contribution >= 4 is 21.9 Å². The van der Waals surface area contributed by atoms with Gasteiger partial charge in [0.1, 0.15) is 28.9 Å². The molecule has 7 heteroatoms. The second-order valence-corrected chi connectivity index (χ2v) is 8.13. The van der Waals surface area contributed by atoms with Gasteiger partial charge in [0, 0.05) is 21.7 Å². The van der Waals surface area contributed by atoms with Gasteiger partial charge in [0.15, 0.2) is 0 Å². The molecule has 3 aromatic rings. The molecule has 1 unspecified atom stereocenters. The first-order valence-electron chi connectivity index (χ1n) is 9.75. The first-order chi connectivity index (χ1) is 15.4. The summed E-state index contributed by atoms with van der Waals surface area (Å²) in [5.41, 5.74) is 9.15. The smallest absolute Gasteiger partial charge is 0.343 e. The molecule has 0 aliphatic carbocycles. The van der Waals surface area contributed by atoms with Crippen LogP contribution in [0.2, 0.25) is 0 Å². The average Bonchev–Trinajstić information content (AvgIpc) is 2.78. The molecular weight excluding hydrogens is 472 g/mol. The van der Waals surface area contributed by atoms with Crippen molar-refractivity contribution in [2.75, 3.05) is 7.11 Å². The molecule has 0 aromatic heterocycles. The Kier molecular flexibility index (Phi) is 5.89. The molecule has 0 saturated heterocycles. The number of ether oxygens (including phenoxy) is 3. The number of benzene rings is 3. The van der Waals surface area contributed by atoms with Gasteiger partial charge in [-0.3, -0.25) is 0 Å². The molecule has 4 rings (SSSR count). The Bertz CT molecular complexity index is 1290. The van der Waals surface area contributed by atoms with Gasteiger partial charge in [-0.15, -0.1) is 0 Å². The zero-order valence-electron chi connectivity index (χ0n) is 17.4. The number of hydrogen-bond acceptors (Lipinski definition) is 6. The van der Waals surface area contributed by atoms with Crippen LogP contribution >= 0.6 is 15.9 Å². The van der Waals surface area contributed by atoms with Crippen LogP contribution in [0.15, 0.2) is 76.6 Å². The standard InChI is InChI=1S/C25H19BrN2O4/c1-14-5-3-4-6-17(14)25(29)31-16-8-9-18-22(12-16)32-24(28)20(13-27)23(18)19-11-15(26)7-10-21(19)30-2/h3-12,23H,28H2,1-2H3. The van der Waals surface area contributed by atoms with E-state index >= 15 is 0 Å². The maximum Gasteiger partial charge on any atom is 0.343 e. The summed E-state index contributed by atoms with van der Waals surface area (Å²) < 4.78 is 17.7. The monoisotopic (exact) mass is 490 g/mol. The van der Waals surface area contributed by atoms with Gasteiger partial charge >= 0.3 is 5.97 Å². The summed E-state index contributed by atoms with van der Waals surface area (Å²) in [6.45, 7) is 1.84. The lowest BCUT2D eigenvalue weighted by molar-refractivity contribution is 0.0733. The van der Waals surface area contributed by atoms with Crippen LogP contribution in [0, 0.1) is 18.3 Å². The number of nitrogens with two attached hydrogens (primary N) is 1. The Balaban J connectivity index is 1.76. The van der Waals surface area contributed by atoms with Crippen LogP contribution in [0.4, 0.5) is 0 Å². The molecule has 0 radical (unpaired) electrons. The number of nitriles is 1. The van der Waals surface area contributed by atoms with E-state index in [4.69, 9.17) is 19.9 Å². The molecule has 0 fully saturated rings. The van der Waals surface area contributed by atoms with Gasteiger partial charge in [-0.1, -0.05) is 40.2 Å². The molecule has 160 valence electrons. The molecule has 3 aromatic carbocycles. The van der Waals surface area contributed by atoms with E-state index in [0.29, 0.717) is 28.4 Å². The van der Waals surface area contributed by atoms with Crippen LogP contribution in [0.1, 0.15) is 33.0 Å². The fraction of sp³-hybridized carbons (Fsp3) is 0.120. The van der Waals surface area contributed by atoms with E-state index in [1.54, 1.807) is 37.4 Å². The fourth-order valence-electron chi connectivity index (χ4n) is 3.71. The predicted octanol–water partition coefficient (Wildman–Crippen LogP) is 5.20. The number of allylic oxidation sites excluding steroid dienone is 1. The molecule has 1 aliphatic heterocycles. The van der Waals surface area contributed by atoms with Gasteiger partial charge in [0.2, 0.25) is 5.88 Å². The van der Waals surface area contributed by atoms with Crippen LogP contribution in [-0.2, 0) is 0 Å². The molecule has 0 amide bonds. The highest BCUT2D eigenvalue weighted by Crippen LogP contribution is 2.46. The second kappa shape index (κ2) is 8.77. The summed E-state index contributed by atoms with van der Waals surface area (Å²) in [5.74, 6) is 0.354. The summed E-state index contributed by atoms with van der Waals surface area (Å²) in [6, 6.07) is 20.0. The zero-order chi connectivity index (χ0) is 22.8. The lowest BCUT2D eigenvalue weighted by Crippen LogP contribution is -2.21. The minimum atomic E-state index is -0.502. The normalized spacial score (nSPS) is 14.8. The van der Waals surface area contributed by atoms with Crippen molar-refractivity contribution in [1.82, 2.24) is 0 Å². The highest BCUT2D eigenvalue weighted by molar-refractivity contribution is 9.10. The highest BCUT2D eigenvalue weighted by Gasteiger charge is 2.33. The molecule has 1 heterocycles. The van der Waals surface area contributed by atoms with Gasteiger partial charge in [-0.25, -0.2) is 4.79 Å². The minimum Gasteiger partial charge on any atom is -0.496 e. The first-order valence-corrected chi connectivity index (χ1v) is 10.5. The van der Waals surface area contributed by atoms with Crippen LogP contribution in [-0.4, -0.2) is 13.1 Å². The number of nitrogens with zero attached hydrogens (tertiary/aromatic N) is 1. The summed E-state index contributed by atoms with van der Waals surface area (Å²) in [5, 5.41) is 9.79. The van der Waals surface area contributed by atoms with E-state index in [-0.39, 0.29) is 11.5 Å². The fourth-order valence-corrected chi connectivity index (χ4v) is 4.09. The van der Waals surface area contributed by atoms with Crippen LogP contribution in [0.5, 0.6) is 17.2 Å². The van der Waals surface area contributed by atoms with Gasteiger partial charge in [0.05, 0.1) is 18.6 Å². The Labute approximate surface area is 194 Å². The van der Waals surface area contributed by atoms with Crippen molar-refractivity contribution in [2.45, 2.75) is 12.8 Å². The number of fused-ring (bicyclic) bond motifs is 1.